The first-order valence-electron chi connectivity index (χ1n) is 13.5. The molecule has 0 radical (unpaired) electrons. The van der Waals surface area contributed by atoms with E-state index in [0.717, 1.165) is 65.0 Å². The number of aryl methyl sites for hydroxylation is 2. The Morgan fingerprint density at radius 1 is 1.18 bits per heavy atom. The first kappa shape index (κ1) is 27.3. The Morgan fingerprint density at radius 3 is 2.74 bits per heavy atom. The number of likely N-dealkylation sites (N-methyl/N-ethyl adjacent to an activating group) is 1. The van der Waals surface area contributed by atoms with Gasteiger partial charge in [-0.25, -0.2) is 9.97 Å². The average Bonchev–Trinajstić information content (AvgIpc) is 3.17. The van der Waals surface area contributed by atoms with Gasteiger partial charge in [-0.1, -0.05) is 24.3 Å². The van der Waals surface area contributed by atoms with Crippen molar-refractivity contribution in [3.8, 4) is 0 Å². The van der Waals surface area contributed by atoms with E-state index in [1.807, 2.05) is 26.0 Å². The van der Waals surface area contributed by atoms with Gasteiger partial charge >= 0.3 is 0 Å². The summed E-state index contributed by atoms with van der Waals surface area (Å²) in [5.41, 5.74) is 5.71. The normalized spacial score (nSPS) is 18.4. The Morgan fingerprint density at radius 2 is 1.97 bits per heavy atom. The number of likely N-dealkylation sites (tertiary alicyclic amines) is 1. The largest absolute Gasteiger partial charge is 0.358 e. The molecule has 1 fully saturated rings. The van der Waals surface area contributed by atoms with Crippen LogP contribution < -0.4 is 16.0 Å². The molecule has 2 aliphatic rings. The van der Waals surface area contributed by atoms with Crippen LogP contribution in [0.1, 0.15) is 55.0 Å². The zero-order valence-electron chi connectivity index (χ0n) is 22.7. The Bertz CT molecular complexity index is 1370. The van der Waals surface area contributed by atoms with Crippen LogP contribution >= 0.6 is 15.9 Å². The summed E-state index contributed by atoms with van der Waals surface area (Å²) in [4.78, 5) is 35.7. The Kier molecular flexibility index (Phi) is 8.00. The Labute approximate surface area is 238 Å². The lowest BCUT2D eigenvalue weighted by Gasteiger charge is -2.32. The quantitative estimate of drug-likeness (QED) is 0.344. The first-order chi connectivity index (χ1) is 18.7. The molecular weight excluding hydrogens is 556 g/mol. The Balaban J connectivity index is 1.24. The maximum absolute atomic E-state index is 12.5. The van der Waals surface area contributed by atoms with Crippen LogP contribution in [0.5, 0.6) is 0 Å². The van der Waals surface area contributed by atoms with Crippen molar-refractivity contribution in [3.63, 3.8) is 0 Å². The van der Waals surface area contributed by atoms with Crippen molar-refractivity contribution < 1.29 is 9.59 Å². The molecule has 1 saturated heterocycles. The molecule has 0 saturated carbocycles. The predicted molar refractivity (Wildman–Crippen MR) is 157 cm³/mol. The topological polar surface area (TPSA) is 99.3 Å². The van der Waals surface area contributed by atoms with Crippen molar-refractivity contribution in [2.75, 3.05) is 37.3 Å². The molecule has 1 atom stereocenters. The number of hydrogen-bond donors (Lipinski definition) is 3. The van der Waals surface area contributed by atoms with Gasteiger partial charge in [0, 0.05) is 31.2 Å². The first-order valence-corrected chi connectivity index (χ1v) is 14.3. The van der Waals surface area contributed by atoms with Gasteiger partial charge in [0.25, 0.3) is 0 Å². The van der Waals surface area contributed by atoms with Gasteiger partial charge in [-0.3, -0.25) is 14.5 Å². The van der Waals surface area contributed by atoms with E-state index in [2.05, 4.69) is 72.1 Å². The lowest BCUT2D eigenvalue weighted by atomic mass is 9.82. The number of carbonyl (C=O) groups is 2. The molecule has 0 spiro atoms. The fourth-order valence-corrected chi connectivity index (χ4v) is 6.04. The van der Waals surface area contributed by atoms with Crippen LogP contribution in [0, 0.1) is 0 Å². The van der Waals surface area contributed by atoms with Crippen molar-refractivity contribution in [3.05, 3.63) is 75.5 Å². The zero-order valence-corrected chi connectivity index (χ0v) is 24.3. The van der Waals surface area contributed by atoms with E-state index >= 15 is 0 Å². The fourth-order valence-electron chi connectivity index (χ4n) is 5.65. The van der Waals surface area contributed by atoms with E-state index < -0.39 is 5.41 Å². The van der Waals surface area contributed by atoms with Crippen molar-refractivity contribution in [1.82, 2.24) is 20.2 Å². The highest BCUT2D eigenvalue weighted by molar-refractivity contribution is 9.10. The van der Waals surface area contributed by atoms with Crippen LogP contribution in [0.4, 0.5) is 17.3 Å². The number of hydrogen-bond acceptors (Lipinski definition) is 6. The highest BCUT2D eigenvalue weighted by Crippen LogP contribution is 2.40. The number of rotatable bonds is 8. The predicted octanol–water partition coefficient (Wildman–Crippen LogP) is 4.92. The van der Waals surface area contributed by atoms with Gasteiger partial charge in [-0.15, -0.1) is 0 Å². The summed E-state index contributed by atoms with van der Waals surface area (Å²) in [5.74, 6) is 1.07. The third-order valence-electron chi connectivity index (χ3n) is 7.83. The molecule has 9 heteroatoms. The second-order valence-corrected chi connectivity index (χ2v) is 11.8. The van der Waals surface area contributed by atoms with Gasteiger partial charge in [-0.05, 0) is 103 Å². The zero-order chi connectivity index (χ0) is 27.6. The van der Waals surface area contributed by atoms with Crippen molar-refractivity contribution in [1.29, 1.82) is 0 Å². The summed E-state index contributed by atoms with van der Waals surface area (Å²) >= 11 is 3.61. The van der Waals surface area contributed by atoms with Gasteiger partial charge in [0.15, 0.2) is 0 Å². The van der Waals surface area contributed by atoms with E-state index in [4.69, 9.17) is 4.98 Å². The molecule has 3 N–H and O–H groups in total. The van der Waals surface area contributed by atoms with E-state index in [-0.39, 0.29) is 11.8 Å². The summed E-state index contributed by atoms with van der Waals surface area (Å²) in [6, 6.07) is 14.5. The van der Waals surface area contributed by atoms with Crippen molar-refractivity contribution >= 4 is 45.1 Å². The summed E-state index contributed by atoms with van der Waals surface area (Å²) in [5, 5.41) is 9.07. The molecule has 1 aromatic heterocycles. The second-order valence-electron chi connectivity index (χ2n) is 10.9. The van der Waals surface area contributed by atoms with E-state index in [9.17, 15) is 9.59 Å². The van der Waals surface area contributed by atoms with Crippen molar-refractivity contribution in [2.45, 2.75) is 50.9 Å². The number of benzene rings is 2. The molecule has 2 aliphatic heterocycles. The maximum Gasteiger partial charge on any atom is 0.234 e. The SMILES string of the molecule is CNC(=O)CN1CCCC(c2ccc(Nc3ncc(Br)c(CCc4cccc5c4C(C)(C)C(=O)N5)n3)cc2)C1. The third kappa shape index (κ3) is 5.99. The van der Waals surface area contributed by atoms with Crippen LogP contribution in [-0.2, 0) is 27.8 Å². The number of carbonyl (C=O) groups excluding carboxylic acids is 2. The molecule has 0 aliphatic carbocycles. The number of piperidine rings is 1. The van der Waals surface area contributed by atoms with Gasteiger partial charge in [-0.2, -0.15) is 0 Å². The smallest absolute Gasteiger partial charge is 0.234 e. The van der Waals surface area contributed by atoms with Crippen LogP contribution in [0.3, 0.4) is 0 Å². The minimum atomic E-state index is -0.548. The number of amides is 2. The summed E-state index contributed by atoms with van der Waals surface area (Å²) < 4.78 is 0.864. The highest BCUT2D eigenvalue weighted by atomic mass is 79.9. The number of halogens is 1. The minimum Gasteiger partial charge on any atom is -0.358 e. The number of aromatic nitrogens is 2. The van der Waals surface area contributed by atoms with Gasteiger partial charge in [0.05, 0.1) is 22.1 Å². The van der Waals surface area contributed by atoms with Crippen molar-refractivity contribution in [2.24, 2.45) is 0 Å². The minimum absolute atomic E-state index is 0.0374. The molecule has 2 aromatic carbocycles. The number of nitrogens with one attached hydrogen (secondary N) is 3. The average molecular weight is 592 g/mol. The summed E-state index contributed by atoms with van der Waals surface area (Å²) in [7, 11) is 1.68. The standard InChI is InChI=1S/C30H35BrN6O2/c1-30(2)27-20(6-4-8-25(27)35-28(30)39)11-14-24-23(31)16-33-29(36-24)34-22-12-9-19(10-13-22)21-7-5-15-37(17-21)18-26(38)32-3/h4,6,8-10,12-13,16,21H,5,7,11,14-15,17-18H2,1-3H3,(H,32,38)(H,35,39)(H,33,34,36). The molecule has 8 nitrogen and oxygen atoms in total. The van der Waals surface area contributed by atoms with Crippen LogP contribution in [0.15, 0.2) is 53.1 Å². The van der Waals surface area contributed by atoms with Crippen LogP contribution in [0.2, 0.25) is 0 Å². The molecule has 3 aromatic rings. The Hall–Kier alpha value is -3.30. The molecule has 1 unspecified atom stereocenters. The van der Waals surface area contributed by atoms with Gasteiger partial charge < -0.3 is 16.0 Å². The second kappa shape index (κ2) is 11.4. The number of nitrogens with zero attached hydrogens (tertiary/aromatic N) is 3. The maximum atomic E-state index is 12.5. The molecular formula is C30H35BrN6O2. The highest BCUT2D eigenvalue weighted by Gasteiger charge is 2.39. The fraction of sp³-hybridized carbons (Fsp3) is 0.400. The van der Waals surface area contributed by atoms with E-state index in [1.165, 1.54) is 5.56 Å². The van der Waals surface area contributed by atoms with E-state index in [0.29, 0.717) is 24.8 Å². The number of anilines is 3. The van der Waals surface area contributed by atoms with Crippen LogP contribution in [0.25, 0.3) is 0 Å². The summed E-state index contributed by atoms with van der Waals surface area (Å²) in [6.07, 6.45) is 5.48. The lowest BCUT2D eigenvalue weighted by molar-refractivity contribution is -0.122. The van der Waals surface area contributed by atoms with E-state index in [1.54, 1.807) is 13.2 Å². The molecule has 204 valence electrons. The van der Waals surface area contributed by atoms with Crippen LogP contribution in [-0.4, -0.2) is 53.4 Å². The lowest BCUT2D eigenvalue weighted by Crippen LogP contribution is -2.41. The monoisotopic (exact) mass is 590 g/mol. The molecule has 39 heavy (non-hydrogen) atoms. The molecule has 0 bridgehead atoms. The molecule has 5 rings (SSSR count). The summed E-state index contributed by atoms with van der Waals surface area (Å²) in [6.45, 7) is 6.26. The van der Waals surface area contributed by atoms with Gasteiger partial charge in [0.1, 0.15) is 0 Å². The van der Waals surface area contributed by atoms with Gasteiger partial charge in [0.2, 0.25) is 17.8 Å². The molecule has 2 amide bonds. The number of fused-ring (bicyclic) bond motifs is 1. The third-order valence-corrected chi connectivity index (χ3v) is 8.49. The molecule has 3 heterocycles.